The summed E-state index contributed by atoms with van der Waals surface area (Å²) in [6.45, 7) is 0.316. The van der Waals surface area contributed by atoms with E-state index in [1.807, 2.05) is 12.1 Å². The van der Waals surface area contributed by atoms with Crippen molar-refractivity contribution < 1.29 is 22.6 Å². The predicted molar refractivity (Wildman–Crippen MR) is 121 cm³/mol. The Balaban J connectivity index is 1.67. The van der Waals surface area contributed by atoms with Crippen molar-refractivity contribution >= 4 is 33.3 Å². The van der Waals surface area contributed by atoms with Gasteiger partial charge in [-0.3, -0.25) is 9.36 Å². The van der Waals surface area contributed by atoms with Crippen molar-refractivity contribution in [3.63, 3.8) is 0 Å². The van der Waals surface area contributed by atoms with Gasteiger partial charge in [-0.25, -0.2) is 4.98 Å². The zero-order chi connectivity index (χ0) is 22.9. The molecule has 0 unspecified atom stereocenters. The van der Waals surface area contributed by atoms with Gasteiger partial charge in [0.25, 0.3) is 5.56 Å². The molecule has 0 spiro atoms. The number of methoxy groups -OCH3 is 2. The Bertz CT molecular complexity index is 1190. The van der Waals surface area contributed by atoms with Gasteiger partial charge in [-0.2, -0.15) is 13.2 Å². The highest BCUT2D eigenvalue weighted by atomic mass is 32.2. The first-order valence-corrected chi connectivity index (χ1v) is 12.1. The van der Waals surface area contributed by atoms with Crippen molar-refractivity contribution in [1.82, 2.24) is 9.55 Å². The Morgan fingerprint density at radius 2 is 1.97 bits per heavy atom. The monoisotopic (exact) mass is 484 g/mol. The molecule has 0 fully saturated rings. The number of thiophene rings is 1. The van der Waals surface area contributed by atoms with Gasteiger partial charge in [0.1, 0.15) is 4.83 Å². The molecule has 0 saturated carbocycles. The molecule has 0 aliphatic heterocycles. The van der Waals surface area contributed by atoms with Crippen LogP contribution in [0.5, 0.6) is 11.5 Å². The van der Waals surface area contributed by atoms with Crippen molar-refractivity contribution in [3.8, 4) is 11.5 Å². The first kappa shape index (κ1) is 23.0. The SMILES string of the molecule is COc1ccc(CCn2c(SCCC(F)(F)F)nc3sc4c(c3c2=O)CCC4)cc1OC. The van der Waals surface area contributed by atoms with Crippen molar-refractivity contribution in [2.24, 2.45) is 0 Å². The van der Waals surface area contributed by atoms with Crippen LogP contribution in [0.3, 0.4) is 0 Å². The summed E-state index contributed by atoms with van der Waals surface area (Å²) in [7, 11) is 3.11. The molecule has 2 heterocycles. The summed E-state index contributed by atoms with van der Waals surface area (Å²) < 4.78 is 50.2. The molecule has 4 rings (SSSR count). The van der Waals surface area contributed by atoms with E-state index in [1.54, 1.807) is 20.3 Å². The molecule has 0 atom stereocenters. The molecule has 32 heavy (non-hydrogen) atoms. The molecular weight excluding hydrogens is 461 g/mol. The topological polar surface area (TPSA) is 53.4 Å². The third-order valence-electron chi connectivity index (χ3n) is 5.48. The van der Waals surface area contributed by atoms with E-state index in [0.717, 1.165) is 42.2 Å². The van der Waals surface area contributed by atoms with Crippen molar-refractivity contribution in [2.75, 3.05) is 20.0 Å². The fraction of sp³-hybridized carbons (Fsp3) is 0.455. The summed E-state index contributed by atoms with van der Waals surface area (Å²) in [4.78, 5) is 19.9. The van der Waals surface area contributed by atoms with E-state index < -0.39 is 12.6 Å². The van der Waals surface area contributed by atoms with Gasteiger partial charge < -0.3 is 9.47 Å². The number of thioether (sulfide) groups is 1. The number of nitrogens with zero attached hydrogens (tertiary/aromatic N) is 2. The van der Waals surface area contributed by atoms with Gasteiger partial charge in [-0.05, 0) is 48.9 Å². The number of fused-ring (bicyclic) bond motifs is 3. The summed E-state index contributed by atoms with van der Waals surface area (Å²) in [5, 5.41) is 0.974. The van der Waals surface area contributed by atoms with Gasteiger partial charge >= 0.3 is 6.18 Å². The third kappa shape index (κ3) is 4.76. The molecule has 3 aromatic rings. The maximum Gasteiger partial charge on any atom is 0.389 e. The lowest BCUT2D eigenvalue weighted by atomic mass is 10.1. The van der Waals surface area contributed by atoms with E-state index in [1.165, 1.54) is 20.8 Å². The maximum absolute atomic E-state index is 13.4. The Morgan fingerprint density at radius 3 is 2.69 bits per heavy atom. The summed E-state index contributed by atoms with van der Waals surface area (Å²) in [6.07, 6.45) is -1.87. The van der Waals surface area contributed by atoms with Crippen LogP contribution in [0.1, 0.15) is 28.8 Å². The van der Waals surface area contributed by atoms with Crippen LogP contribution >= 0.6 is 23.1 Å². The number of halogens is 3. The summed E-state index contributed by atoms with van der Waals surface area (Å²) in [5.41, 5.74) is 1.83. The number of hydrogen-bond acceptors (Lipinski definition) is 6. The second-order valence-electron chi connectivity index (χ2n) is 7.54. The van der Waals surface area contributed by atoms with E-state index in [9.17, 15) is 18.0 Å². The third-order valence-corrected chi connectivity index (χ3v) is 7.64. The lowest BCUT2D eigenvalue weighted by molar-refractivity contribution is -0.129. The van der Waals surface area contributed by atoms with Crippen LogP contribution in [-0.4, -0.2) is 35.7 Å². The van der Waals surface area contributed by atoms with Crippen LogP contribution in [0.4, 0.5) is 13.2 Å². The molecular formula is C22H23F3N2O3S2. The number of alkyl halides is 3. The van der Waals surface area contributed by atoms with Gasteiger partial charge in [0, 0.05) is 17.2 Å². The van der Waals surface area contributed by atoms with E-state index in [2.05, 4.69) is 4.98 Å². The van der Waals surface area contributed by atoms with E-state index in [4.69, 9.17) is 9.47 Å². The molecule has 5 nitrogen and oxygen atoms in total. The largest absolute Gasteiger partial charge is 0.493 e. The highest BCUT2D eigenvalue weighted by Crippen LogP contribution is 2.36. The Hall–Kier alpha value is -2.20. The van der Waals surface area contributed by atoms with Gasteiger partial charge in [0.2, 0.25) is 0 Å². The van der Waals surface area contributed by atoms with E-state index in [-0.39, 0.29) is 11.3 Å². The van der Waals surface area contributed by atoms with Crippen molar-refractivity contribution in [3.05, 3.63) is 44.6 Å². The quantitative estimate of drug-likeness (QED) is 0.323. The molecule has 0 N–H and O–H groups in total. The zero-order valence-electron chi connectivity index (χ0n) is 17.8. The van der Waals surface area contributed by atoms with Gasteiger partial charge in [-0.15, -0.1) is 11.3 Å². The average molecular weight is 485 g/mol. The molecule has 1 aliphatic rings. The lowest BCUT2D eigenvalue weighted by Crippen LogP contribution is -2.24. The van der Waals surface area contributed by atoms with Gasteiger partial charge in [0.05, 0.1) is 26.0 Å². The summed E-state index contributed by atoms with van der Waals surface area (Å²) in [5.74, 6) is 1.01. The molecule has 2 aromatic heterocycles. The van der Waals surface area contributed by atoms with Gasteiger partial charge in [0.15, 0.2) is 16.7 Å². The van der Waals surface area contributed by atoms with Crippen LogP contribution in [0.25, 0.3) is 10.2 Å². The van der Waals surface area contributed by atoms with Crippen LogP contribution < -0.4 is 15.0 Å². The second-order valence-corrected chi connectivity index (χ2v) is 9.69. The first-order chi connectivity index (χ1) is 15.3. The van der Waals surface area contributed by atoms with Crippen LogP contribution in [0, 0.1) is 0 Å². The minimum Gasteiger partial charge on any atom is -0.493 e. The molecule has 0 saturated heterocycles. The smallest absolute Gasteiger partial charge is 0.389 e. The van der Waals surface area contributed by atoms with Gasteiger partial charge in [-0.1, -0.05) is 17.8 Å². The molecule has 10 heteroatoms. The Kier molecular flexibility index (Phi) is 6.71. The highest BCUT2D eigenvalue weighted by Gasteiger charge is 2.28. The van der Waals surface area contributed by atoms with E-state index in [0.29, 0.717) is 39.8 Å². The number of hydrogen-bond donors (Lipinski definition) is 0. The Labute approximate surface area is 191 Å². The number of aryl methyl sites for hydroxylation is 3. The molecule has 0 bridgehead atoms. The molecule has 1 aromatic carbocycles. The minimum atomic E-state index is -4.24. The fourth-order valence-electron chi connectivity index (χ4n) is 3.90. The van der Waals surface area contributed by atoms with Crippen LogP contribution in [0.15, 0.2) is 28.2 Å². The summed E-state index contributed by atoms with van der Waals surface area (Å²) in [6, 6.07) is 5.52. The average Bonchev–Trinajstić information content (AvgIpc) is 3.33. The minimum absolute atomic E-state index is 0.163. The predicted octanol–water partition coefficient (Wildman–Crippen LogP) is 5.25. The lowest BCUT2D eigenvalue weighted by Gasteiger charge is -2.14. The normalized spacial score (nSPS) is 13.5. The second kappa shape index (κ2) is 9.35. The molecule has 172 valence electrons. The molecule has 0 radical (unpaired) electrons. The zero-order valence-corrected chi connectivity index (χ0v) is 19.4. The van der Waals surface area contributed by atoms with E-state index >= 15 is 0 Å². The Morgan fingerprint density at radius 1 is 1.19 bits per heavy atom. The molecule has 0 amide bonds. The fourth-order valence-corrected chi connectivity index (χ4v) is 6.21. The number of rotatable bonds is 8. The van der Waals surface area contributed by atoms with Crippen LogP contribution in [-0.2, 0) is 25.8 Å². The van der Waals surface area contributed by atoms with Crippen LogP contribution in [0.2, 0.25) is 0 Å². The number of ether oxygens (including phenoxy) is 2. The number of aromatic nitrogens is 2. The van der Waals surface area contributed by atoms with Crippen molar-refractivity contribution in [1.29, 1.82) is 0 Å². The number of benzene rings is 1. The summed E-state index contributed by atoms with van der Waals surface area (Å²) >= 11 is 2.48. The standard InChI is InChI=1S/C22H23F3N2O3S2/c1-29-15-7-6-13(12-16(15)30-2)8-10-27-20(28)18-14-4-3-5-17(14)32-19(18)26-21(27)31-11-9-22(23,24)25/h6-7,12H,3-5,8-11H2,1-2H3. The first-order valence-electron chi connectivity index (χ1n) is 10.3. The highest BCUT2D eigenvalue weighted by molar-refractivity contribution is 7.99. The molecule has 1 aliphatic carbocycles. The van der Waals surface area contributed by atoms with Crippen molar-refractivity contribution in [2.45, 2.75) is 50.0 Å². The maximum atomic E-state index is 13.4.